The first kappa shape index (κ1) is 20.6. The minimum absolute atomic E-state index is 0.0483. The average Bonchev–Trinajstić information content (AvgIpc) is 3.03. The van der Waals surface area contributed by atoms with Gasteiger partial charge >= 0.3 is 0 Å². The molecule has 152 valence electrons. The van der Waals surface area contributed by atoms with Crippen molar-refractivity contribution in [2.75, 3.05) is 22.1 Å². The van der Waals surface area contributed by atoms with Gasteiger partial charge in [0, 0.05) is 37.0 Å². The van der Waals surface area contributed by atoms with Crippen LogP contribution >= 0.6 is 0 Å². The van der Waals surface area contributed by atoms with E-state index in [0.717, 1.165) is 5.69 Å². The number of anilines is 3. The number of carbonyl (C=O) groups is 3. The van der Waals surface area contributed by atoms with Gasteiger partial charge in [-0.2, -0.15) is 0 Å². The molecule has 0 radical (unpaired) electrons. The molecule has 1 aliphatic heterocycles. The predicted octanol–water partition coefficient (Wildman–Crippen LogP) is 3.93. The predicted molar refractivity (Wildman–Crippen MR) is 115 cm³/mol. The van der Waals surface area contributed by atoms with Gasteiger partial charge in [0.25, 0.3) is 0 Å². The van der Waals surface area contributed by atoms with Crippen molar-refractivity contribution in [1.29, 1.82) is 0 Å². The standard InChI is InChI=1S/C23H27N3O3/c1-15(27)24-19-6-5-7-20(13-19)26-14-16(12-21(26)28)22(29)25-18-10-8-17(9-11-18)23(2,3)4/h5-11,13,16H,12,14H2,1-4H3,(H,24,27)(H,25,29). The molecule has 0 bridgehead atoms. The molecule has 2 aromatic carbocycles. The molecule has 1 saturated heterocycles. The highest BCUT2D eigenvalue weighted by molar-refractivity contribution is 6.04. The monoisotopic (exact) mass is 393 g/mol. The Morgan fingerprint density at radius 1 is 1.00 bits per heavy atom. The Hall–Kier alpha value is -3.15. The largest absolute Gasteiger partial charge is 0.326 e. The van der Waals surface area contributed by atoms with Gasteiger partial charge in [-0.1, -0.05) is 39.0 Å². The minimum atomic E-state index is -0.422. The molecule has 0 spiro atoms. The Balaban J connectivity index is 1.67. The highest BCUT2D eigenvalue weighted by Crippen LogP contribution is 2.28. The first-order valence-electron chi connectivity index (χ1n) is 9.73. The maximum absolute atomic E-state index is 12.7. The summed E-state index contributed by atoms with van der Waals surface area (Å²) in [5, 5.41) is 5.63. The number of nitrogens with one attached hydrogen (secondary N) is 2. The van der Waals surface area contributed by atoms with Crippen molar-refractivity contribution in [3.8, 4) is 0 Å². The van der Waals surface area contributed by atoms with E-state index in [1.165, 1.54) is 12.5 Å². The van der Waals surface area contributed by atoms with Crippen molar-refractivity contribution in [2.45, 2.75) is 39.5 Å². The molecule has 0 aromatic heterocycles. The van der Waals surface area contributed by atoms with Gasteiger partial charge in [0.2, 0.25) is 17.7 Å². The summed E-state index contributed by atoms with van der Waals surface area (Å²) in [5.74, 6) is -0.866. The smallest absolute Gasteiger partial charge is 0.229 e. The average molecular weight is 393 g/mol. The van der Waals surface area contributed by atoms with E-state index in [4.69, 9.17) is 0 Å². The van der Waals surface area contributed by atoms with Crippen LogP contribution in [0.1, 0.15) is 39.7 Å². The van der Waals surface area contributed by atoms with Gasteiger partial charge in [-0.3, -0.25) is 14.4 Å². The van der Waals surface area contributed by atoms with E-state index >= 15 is 0 Å². The molecular formula is C23H27N3O3. The van der Waals surface area contributed by atoms with E-state index in [9.17, 15) is 14.4 Å². The van der Waals surface area contributed by atoms with Gasteiger partial charge < -0.3 is 15.5 Å². The fourth-order valence-corrected chi connectivity index (χ4v) is 3.39. The summed E-state index contributed by atoms with van der Waals surface area (Å²) >= 11 is 0. The maximum atomic E-state index is 12.7. The second-order valence-electron chi connectivity index (χ2n) is 8.45. The number of rotatable bonds is 4. The van der Waals surface area contributed by atoms with Gasteiger partial charge in [-0.25, -0.2) is 0 Å². The summed E-state index contributed by atoms with van der Waals surface area (Å²) in [5.41, 5.74) is 3.26. The van der Waals surface area contributed by atoms with Gasteiger partial charge in [0.1, 0.15) is 0 Å². The number of benzene rings is 2. The van der Waals surface area contributed by atoms with Crippen LogP contribution in [0.25, 0.3) is 0 Å². The molecular weight excluding hydrogens is 366 g/mol. The second kappa shape index (κ2) is 8.07. The quantitative estimate of drug-likeness (QED) is 0.826. The van der Waals surface area contributed by atoms with E-state index in [1.807, 2.05) is 24.3 Å². The van der Waals surface area contributed by atoms with Crippen LogP contribution in [-0.4, -0.2) is 24.3 Å². The molecule has 6 nitrogen and oxygen atoms in total. The zero-order valence-corrected chi connectivity index (χ0v) is 17.3. The summed E-state index contributed by atoms with van der Waals surface area (Å²) < 4.78 is 0. The third-order valence-electron chi connectivity index (χ3n) is 4.99. The Kier molecular flexibility index (Phi) is 5.73. The zero-order chi connectivity index (χ0) is 21.2. The molecule has 1 fully saturated rings. The summed E-state index contributed by atoms with van der Waals surface area (Å²) in [4.78, 5) is 38.0. The van der Waals surface area contributed by atoms with Crippen LogP contribution in [0, 0.1) is 5.92 Å². The van der Waals surface area contributed by atoms with Crippen molar-refractivity contribution in [2.24, 2.45) is 5.92 Å². The zero-order valence-electron chi connectivity index (χ0n) is 17.3. The highest BCUT2D eigenvalue weighted by atomic mass is 16.2. The van der Waals surface area contributed by atoms with Gasteiger partial charge in [-0.05, 0) is 41.3 Å². The highest BCUT2D eigenvalue weighted by Gasteiger charge is 2.35. The van der Waals surface area contributed by atoms with Crippen molar-refractivity contribution < 1.29 is 14.4 Å². The van der Waals surface area contributed by atoms with Crippen LogP contribution in [0.2, 0.25) is 0 Å². The molecule has 1 aliphatic rings. The number of nitrogens with zero attached hydrogens (tertiary/aromatic N) is 1. The van der Waals surface area contributed by atoms with E-state index in [0.29, 0.717) is 17.9 Å². The molecule has 0 aliphatic carbocycles. The van der Waals surface area contributed by atoms with E-state index < -0.39 is 5.92 Å². The summed E-state index contributed by atoms with van der Waals surface area (Å²) in [6.45, 7) is 8.16. The van der Waals surface area contributed by atoms with Gasteiger partial charge in [0.05, 0.1) is 5.92 Å². The fourth-order valence-electron chi connectivity index (χ4n) is 3.39. The second-order valence-corrected chi connectivity index (χ2v) is 8.45. The Morgan fingerprint density at radius 3 is 2.31 bits per heavy atom. The number of hydrogen-bond acceptors (Lipinski definition) is 3. The maximum Gasteiger partial charge on any atom is 0.229 e. The molecule has 3 rings (SSSR count). The molecule has 0 saturated carbocycles. The SMILES string of the molecule is CC(=O)Nc1cccc(N2CC(C(=O)Nc3ccc(C(C)(C)C)cc3)CC2=O)c1. The van der Waals surface area contributed by atoms with Gasteiger partial charge in [-0.15, -0.1) is 0 Å². The van der Waals surface area contributed by atoms with Crippen LogP contribution in [0.15, 0.2) is 48.5 Å². The first-order valence-corrected chi connectivity index (χ1v) is 9.73. The Morgan fingerprint density at radius 2 is 1.69 bits per heavy atom. The van der Waals surface area contributed by atoms with Crippen molar-refractivity contribution in [3.05, 3.63) is 54.1 Å². The molecule has 6 heteroatoms. The van der Waals surface area contributed by atoms with E-state index in [1.54, 1.807) is 29.2 Å². The fraction of sp³-hybridized carbons (Fsp3) is 0.348. The molecule has 2 aromatic rings. The molecule has 29 heavy (non-hydrogen) atoms. The van der Waals surface area contributed by atoms with Crippen molar-refractivity contribution in [3.63, 3.8) is 0 Å². The van der Waals surface area contributed by atoms with Crippen molar-refractivity contribution in [1.82, 2.24) is 0 Å². The summed E-state index contributed by atoms with van der Waals surface area (Å²) in [7, 11) is 0. The lowest BCUT2D eigenvalue weighted by Crippen LogP contribution is -2.28. The molecule has 1 heterocycles. The van der Waals surface area contributed by atoms with Crippen molar-refractivity contribution >= 4 is 34.8 Å². The Bertz CT molecular complexity index is 929. The van der Waals surface area contributed by atoms with Crippen LogP contribution < -0.4 is 15.5 Å². The van der Waals surface area contributed by atoms with Crippen LogP contribution in [0.3, 0.4) is 0 Å². The lowest BCUT2D eigenvalue weighted by molar-refractivity contribution is -0.122. The number of hydrogen-bond donors (Lipinski definition) is 2. The molecule has 1 unspecified atom stereocenters. The first-order chi connectivity index (χ1) is 13.6. The molecule has 1 atom stereocenters. The molecule has 2 N–H and O–H groups in total. The van der Waals surface area contributed by atoms with Crippen LogP contribution in [-0.2, 0) is 19.8 Å². The normalized spacial score (nSPS) is 16.6. The minimum Gasteiger partial charge on any atom is -0.326 e. The summed E-state index contributed by atoms with van der Waals surface area (Å²) in [6, 6.07) is 14.9. The number of amides is 3. The number of carbonyl (C=O) groups excluding carboxylic acids is 3. The lowest BCUT2D eigenvalue weighted by Gasteiger charge is -2.19. The summed E-state index contributed by atoms with van der Waals surface area (Å²) in [6.07, 6.45) is 0.163. The Labute approximate surface area is 171 Å². The van der Waals surface area contributed by atoms with Gasteiger partial charge in [0.15, 0.2) is 0 Å². The van der Waals surface area contributed by atoms with E-state index in [-0.39, 0.29) is 29.6 Å². The topological polar surface area (TPSA) is 78.5 Å². The third-order valence-corrected chi connectivity index (χ3v) is 4.99. The molecule has 3 amide bonds. The van der Waals surface area contributed by atoms with Crippen LogP contribution in [0.5, 0.6) is 0 Å². The lowest BCUT2D eigenvalue weighted by atomic mass is 9.87. The third kappa shape index (κ3) is 5.02. The van der Waals surface area contributed by atoms with E-state index in [2.05, 4.69) is 31.4 Å². The van der Waals surface area contributed by atoms with Crippen LogP contribution in [0.4, 0.5) is 17.1 Å².